The summed E-state index contributed by atoms with van der Waals surface area (Å²) < 4.78 is 25.2. The van der Waals surface area contributed by atoms with Crippen LogP contribution in [0.3, 0.4) is 0 Å². The summed E-state index contributed by atoms with van der Waals surface area (Å²) in [6.07, 6.45) is 6.95. The maximum absolute atomic E-state index is 13.8. The van der Waals surface area contributed by atoms with Crippen molar-refractivity contribution in [2.45, 2.75) is 44.8 Å². The number of aromatic nitrogens is 1. The molecule has 1 aliphatic carbocycles. The van der Waals surface area contributed by atoms with Gasteiger partial charge in [0.1, 0.15) is 17.7 Å². The summed E-state index contributed by atoms with van der Waals surface area (Å²) >= 11 is 0. The van der Waals surface area contributed by atoms with E-state index >= 15 is 0 Å². The molecule has 3 heterocycles. The monoisotopic (exact) mass is 571 g/mol. The number of aliphatic hydroxyl groups is 1. The van der Waals surface area contributed by atoms with Crippen LogP contribution in [0.4, 0.5) is 4.39 Å². The van der Waals surface area contributed by atoms with E-state index in [-0.39, 0.29) is 30.5 Å². The molecule has 1 aromatic heterocycles. The molecule has 7 nitrogen and oxygen atoms in total. The number of aliphatic hydroxyl groups excluding tert-OH is 1. The molecule has 3 fully saturated rings. The number of hydrogen-bond donors (Lipinski definition) is 2. The standard InChI is InChI=1S/C34H38FN3O4/c1-23(37-33(40)27-16-31(20-36-19-27)42-30-10-14-41-15-11-30)24-2-4-25(5-3-24)32(26-6-8-29(35)9-7-26)28-17-34(18-28)21-38(22-34)12-13-39/h2-9,16,19-20,23,30,39H,10-15,17-18,21-22H2,1H3,(H,37,40)/t23-/m1/s1. The molecule has 1 atom stereocenters. The van der Waals surface area contributed by atoms with Crippen LogP contribution >= 0.6 is 0 Å². The molecule has 2 aromatic carbocycles. The van der Waals surface area contributed by atoms with E-state index in [1.54, 1.807) is 18.5 Å². The lowest BCUT2D eigenvalue weighted by Gasteiger charge is -2.57. The lowest BCUT2D eigenvalue weighted by atomic mass is 9.59. The van der Waals surface area contributed by atoms with Gasteiger partial charge in [0.15, 0.2) is 0 Å². The number of benzene rings is 2. The van der Waals surface area contributed by atoms with Gasteiger partial charge in [0.2, 0.25) is 0 Å². The first-order chi connectivity index (χ1) is 20.4. The molecule has 0 bridgehead atoms. The molecule has 42 heavy (non-hydrogen) atoms. The third-order valence-corrected chi connectivity index (χ3v) is 8.69. The number of amides is 1. The van der Waals surface area contributed by atoms with Crippen LogP contribution in [0.1, 0.15) is 65.7 Å². The fourth-order valence-electron chi connectivity index (χ4n) is 6.54. The smallest absolute Gasteiger partial charge is 0.253 e. The number of nitrogens with zero attached hydrogens (tertiary/aromatic N) is 2. The number of β-amino-alcohol motifs (C(OH)–C–C–N with tert-alkyl or cyclic N) is 1. The van der Waals surface area contributed by atoms with Crippen molar-refractivity contribution in [3.05, 3.63) is 101 Å². The number of carbonyl (C=O) groups is 1. The molecule has 220 valence electrons. The average molecular weight is 572 g/mol. The van der Waals surface area contributed by atoms with Crippen molar-refractivity contribution in [1.29, 1.82) is 0 Å². The lowest BCUT2D eigenvalue weighted by Crippen LogP contribution is -2.60. The number of pyridine rings is 1. The first-order valence-electron chi connectivity index (χ1n) is 14.8. The van der Waals surface area contributed by atoms with Gasteiger partial charge in [-0.25, -0.2) is 4.39 Å². The van der Waals surface area contributed by atoms with E-state index in [2.05, 4.69) is 27.3 Å². The Hall–Kier alpha value is -3.59. The van der Waals surface area contributed by atoms with E-state index in [4.69, 9.17) is 9.47 Å². The molecule has 6 rings (SSSR count). The number of nitrogens with one attached hydrogen (secondary N) is 1. The van der Waals surface area contributed by atoms with Gasteiger partial charge in [0.05, 0.1) is 37.6 Å². The Morgan fingerprint density at radius 1 is 1.07 bits per heavy atom. The van der Waals surface area contributed by atoms with Crippen molar-refractivity contribution in [1.82, 2.24) is 15.2 Å². The number of likely N-dealkylation sites (tertiary alicyclic amines) is 1. The normalized spacial score (nSPS) is 19.1. The van der Waals surface area contributed by atoms with Gasteiger partial charge in [0.25, 0.3) is 5.91 Å². The van der Waals surface area contributed by atoms with Gasteiger partial charge in [-0.1, -0.05) is 42.0 Å². The minimum Gasteiger partial charge on any atom is -0.489 e. The van der Waals surface area contributed by atoms with Crippen LogP contribution in [0.15, 0.2) is 72.6 Å². The van der Waals surface area contributed by atoms with Crippen LogP contribution in [0.25, 0.3) is 5.57 Å². The molecule has 1 spiro atoms. The fraction of sp³-hybridized carbons (Fsp3) is 0.412. The fourth-order valence-corrected chi connectivity index (χ4v) is 6.54. The number of hydrogen-bond acceptors (Lipinski definition) is 6. The molecule has 8 heteroatoms. The number of ether oxygens (including phenoxy) is 2. The quantitative estimate of drug-likeness (QED) is 0.369. The first kappa shape index (κ1) is 28.5. The second kappa shape index (κ2) is 12.3. The number of rotatable bonds is 9. The number of carbonyl (C=O) groups excluding carboxylic acids is 1. The van der Waals surface area contributed by atoms with Crippen molar-refractivity contribution in [2.75, 3.05) is 39.5 Å². The molecular weight excluding hydrogens is 533 g/mol. The van der Waals surface area contributed by atoms with E-state index in [1.807, 2.05) is 31.2 Å². The van der Waals surface area contributed by atoms with Gasteiger partial charge in [-0.3, -0.25) is 14.7 Å². The molecule has 3 aromatic rings. The Balaban J connectivity index is 1.14. The van der Waals surface area contributed by atoms with Crippen LogP contribution in [-0.2, 0) is 4.74 Å². The molecule has 2 N–H and O–H groups in total. The van der Waals surface area contributed by atoms with E-state index < -0.39 is 0 Å². The number of allylic oxidation sites excluding steroid dienone is 1. The summed E-state index contributed by atoms with van der Waals surface area (Å²) in [5, 5.41) is 12.3. The Labute approximate surface area is 246 Å². The zero-order chi connectivity index (χ0) is 29.1. The maximum atomic E-state index is 13.8. The molecule has 0 radical (unpaired) electrons. The van der Waals surface area contributed by atoms with Gasteiger partial charge in [-0.15, -0.1) is 0 Å². The van der Waals surface area contributed by atoms with Crippen molar-refractivity contribution in [3.8, 4) is 5.75 Å². The second-order valence-electron chi connectivity index (χ2n) is 11.9. The van der Waals surface area contributed by atoms with Crippen LogP contribution in [0.5, 0.6) is 5.75 Å². The Morgan fingerprint density at radius 2 is 1.74 bits per heavy atom. The average Bonchev–Trinajstić information content (AvgIpc) is 2.96. The van der Waals surface area contributed by atoms with E-state index in [0.29, 0.717) is 29.9 Å². The minimum absolute atomic E-state index is 0.0752. The second-order valence-corrected chi connectivity index (χ2v) is 11.9. The van der Waals surface area contributed by atoms with Crippen LogP contribution in [0, 0.1) is 11.2 Å². The van der Waals surface area contributed by atoms with Crippen molar-refractivity contribution in [2.24, 2.45) is 5.41 Å². The first-order valence-corrected chi connectivity index (χ1v) is 14.8. The molecule has 2 saturated heterocycles. The highest BCUT2D eigenvalue weighted by Gasteiger charge is 2.50. The molecular formula is C34H38FN3O4. The summed E-state index contributed by atoms with van der Waals surface area (Å²) in [6.45, 7) is 6.29. The molecule has 2 aliphatic heterocycles. The summed E-state index contributed by atoms with van der Waals surface area (Å²) in [4.78, 5) is 19.6. The van der Waals surface area contributed by atoms with Crippen LogP contribution in [-0.4, -0.2) is 66.5 Å². The highest BCUT2D eigenvalue weighted by Crippen LogP contribution is 2.54. The third-order valence-electron chi connectivity index (χ3n) is 8.69. The Bertz CT molecular complexity index is 1420. The maximum Gasteiger partial charge on any atom is 0.253 e. The van der Waals surface area contributed by atoms with Crippen LogP contribution < -0.4 is 10.1 Å². The van der Waals surface area contributed by atoms with Crippen molar-refractivity contribution >= 4 is 11.5 Å². The van der Waals surface area contributed by atoms with Gasteiger partial charge in [-0.2, -0.15) is 0 Å². The van der Waals surface area contributed by atoms with E-state index in [1.165, 1.54) is 17.7 Å². The zero-order valence-corrected chi connectivity index (χ0v) is 24.0. The zero-order valence-electron chi connectivity index (χ0n) is 24.0. The Kier molecular flexibility index (Phi) is 8.38. The minimum atomic E-state index is -0.248. The predicted octanol–water partition coefficient (Wildman–Crippen LogP) is 5.16. The summed E-state index contributed by atoms with van der Waals surface area (Å²) in [6, 6.07) is 16.6. The molecule has 0 unspecified atom stereocenters. The van der Waals surface area contributed by atoms with Gasteiger partial charge >= 0.3 is 0 Å². The van der Waals surface area contributed by atoms with Crippen molar-refractivity contribution in [3.63, 3.8) is 0 Å². The van der Waals surface area contributed by atoms with Crippen molar-refractivity contribution < 1.29 is 23.8 Å². The highest BCUT2D eigenvalue weighted by atomic mass is 19.1. The highest BCUT2D eigenvalue weighted by molar-refractivity contribution is 5.94. The van der Waals surface area contributed by atoms with Gasteiger partial charge < -0.3 is 19.9 Å². The van der Waals surface area contributed by atoms with E-state index in [0.717, 1.165) is 67.6 Å². The van der Waals surface area contributed by atoms with Crippen LogP contribution in [0.2, 0.25) is 0 Å². The molecule has 1 saturated carbocycles. The topological polar surface area (TPSA) is 83.9 Å². The van der Waals surface area contributed by atoms with Gasteiger partial charge in [0, 0.05) is 44.1 Å². The largest absolute Gasteiger partial charge is 0.489 e. The number of halogens is 1. The summed E-state index contributed by atoms with van der Waals surface area (Å²) in [5.41, 5.74) is 6.39. The SMILES string of the molecule is C[C@@H](NC(=O)c1cncc(OC2CCOCC2)c1)c1ccc(C(=C2CC3(C2)CN(CCO)C3)c2ccc(F)cc2)cc1. The third kappa shape index (κ3) is 6.26. The lowest BCUT2D eigenvalue weighted by molar-refractivity contribution is -0.0366. The van der Waals surface area contributed by atoms with Gasteiger partial charge in [-0.05, 0) is 60.2 Å². The Morgan fingerprint density at radius 3 is 2.40 bits per heavy atom. The summed E-state index contributed by atoms with van der Waals surface area (Å²) in [7, 11) is 0. The summed E-state index contributed by atoms with van der Waals surface area (Å²) in [5.74, 6) is 0.137. The molecule has 3 aliphatic rings. The predicted molar refractivity (Wildman–Crippen MR) is 159 cm³/mol. The molecule has 1 amide bonds. The van der Waals surface area contributed by atoms with E-state index in [9.17, 15) is 14.3 Å².